The summed E-state index contributed by atoms with van der Waals surface area (Å²) < 4.78 is 9.86. The highest BCUT2D eigenvalue weighted by Crippen LogP contribution is 2.30. The SMILES string of the molecule is CCOC(=O)CNC(=O)Nc1ccc(N2CCC(Cc3ccccc3)CC2)c(C(=O)NCCOC)c1. The first-order chi connectivity index (χ1) is 17.5. The largest absolute Gasteiger partial charge is 0.465 e. The van der Waals surface area contributed by atoms with Gasteiger partial charge in [-0.15, -0.1) is 0 Å². The molecular formula is C27H36N4O5. The Morgan fingerprint density at radius 1 is 1.03 bits per heavy atom. The molecule has 9 heteroatoms. The Hall–Kier alpha value is -3.59. The number of amides is 3. The Kier molecular flexibility index (Phi) is 10.6. The molecule has 36 heavy (non-hydrogen) atoms. The molecule has 1 fully saturated rings. The Balaban J connectivity index is 1.67. The fraction of sp³-hybridized carbons (Fsp3) is 0.444. The van der Waals surface area contributed by atoms with Crippen LogP contribution < -0.4 is 20.9 Å². The van der Waals surface area contributed by atoms with Crippen LogP contribution in [0.5, 0.6) is 0 Å². The number of ether oxygens (including phenoxy) is 2. The summed E-state index contributed by atoms with van der Waals surface area (Å²) >= 11 is 0. The van der Waals surface area contributed by atoms with Crippen molar-refractivity contribution in [1.29, 1.82) is 0 Å². The molecule has 0 radical (unpaired) electrons. The van der Waals surface area contributed by atoms with Crippen molar-refractivity contribution in [2.45, 2.75) is 26.2 Å². The summed E-state index contributed by atoms with van der Waals surface area (Å²) in [5.41, 5.74) is 3.12. The molecule has 194 valence electrons. The van der Waals surface area contributed by atoms with E-state index in [1.807, 2.05) is 12.1 Å². The molecule has 1 heterocycles. The van der Waals surface area contributed by atoms with Crippen LogP contribution in [0.2, 0.25) is 0 Å². The minimum absolute atomic E-state index is 0.232. The van der Waals surface area contributed by atoms with Gasteiger partial charge in [-0.25, -0.2) is 4.79 Å². The fourth-order valence-electron chi connectivity index (χ4n) is 4.30. The second kappa shape index (κ2) is 14.1. The maximum atomic E-state index is 13.0. The number of hydrogen-bond donors (Lipinski definition) is 3. The minimum atomic E-state index is -0.553. The molecule has 1 aliphatic rings. The van der Waals surface area contributed by atoms with E-state index in [4.69, 9.17) is 9.47 Å². The van der Waals surface area contributed by atoms with E-state index in [9.17, 15) is 14.4 Å². The number of hydrogen-bond acceptors (Lipinski definition) is 6. The number of esters is 1. The van der Waals surface area contributed by atoms with Crippen molar-refractivity contribution in [3.05, 3.63) is 59.7 Å². The molecule has 3 rings (SSSR count). The molecule has 9 nitrogen and oxygen atoms in total. The number of nitrogens with one attached hydrogen (secondary N) is 3. The summed E-state index contributed by atoms with van der Waals surface area (Å²) in [6.07, 6.45) is 3.13. The lowest BCUT2D eigenvalue weighted by Crippen LogP contribution is -2.37. The highest BCUT2D eigenvalue weighted by molar-refractivity contribution is 6.02. The van der Waals surface area contributed by atoms with Crippen LogP contribution in [0.15, 0.2) is 48.5 Å². The van der Waals surface area contributed by atoms with Gasteiger partial charge in [-0.2, -0.15) is 0 Å². The first-order valence-corrected chi connectivity index (χ1v) is 12.4. The third kappa shape index (κ3) is 8.27. The molecule has 1 saturated heterocycles. The van der Waals surface area contributed by atoms with Crippen molar-refractivity contribution >= 4 is 29.3 Å². The summed E-state index contributed by atoms with van der Waals surface area (Å²) in [6.45, 7) is 4.19. The Morgan fingerprint density at radius 2 is 1.78 bits per heavy atom. The second-order valence-electron chi connectivity index (χ2n) is 8.71. The molecular weight excluding hydrogens is 460 g/mol. The van der Waals surface area contributed by atoms with Crippen molar-refractivity contribution in [3.8, 4) is 0 Å². The van der Waals surface area contributed by atoms with Gasteiger partial charge in [0.1, 0.15) is 6.54 Å². The average molecular weight is 497 g/mol. The first kappa shape index (κ1) is 27.0. The Morgan fingerprint density at radius 3 is 2.47 bits per heavy atom. The van der Waals surface area contributed by atoms with Gasteiger partial charge in [-0.05, 0) is 55.9 Å². The van der Waals surface area contributed by atoms with E-state index in [1.165, 1.54) is 5.56 Å². The van der Waals surface area contributed by atoms with Gasteiger partial charge in [0.05, 0.1) is 18.8 Å². The third-order valence-corrected chi connectivity index (χ3v) is 6.11. The Bertz CT molecular complexity index is 1010. The Labute approximate surface area is 212 Å². The predicted molar refractivity (Wildman–Crippen MR) is 139 cm³/mol. The third-order valence-electron chi connectivity index (χ3n) is 6.11. The molecule has 0 aromatic heterocycles. The second-order valence-corrected chi connectivity index (χ2v) is 8.71. The minimum Gasteiger partial charge on any atom is -0.465 e. The lowest BCUT2D eigenvalue weighted by atomic mass is 9.89. The molecule has 2 aromatic rings. The zero-order valence-corrected chi connectivity index (χ0v) is 21.0. The highest BCUT2D eigenvalue weighted by Gasteiger charge is 2.24. The van der Waals surface area contributed by atoms with E-state index >= 15 is 0 Å². The number of methoxy groups -OCH3 is 1. The summed E-state index contributed by atoms with van der Waals surface area (Å²) in [7, 11) is 1.58. The molecule has 0 atom stereocenters. The fourth-order valence-corrected chi connectivity index (χ4v) is 4.30. The van der Waals surface area contributed by atoms with Gasteiger partial charge in [0.25, 0.3) is 5.91 Å². The number of urea groups is 1. The standard InChI is InChI=1S/C27H36N4O5/c1-3-36-25(32)19-29-27(34)30-22-9-10-24(23(18-22)26(33)28-13-16-35-2)31-14-11-21(12-15-31)17-20-7-5-4-6-8-20/h4-10,18,21H,3,11-17,19H2,1-2H3,(H,28,33)(H2,29,30,34). The van der Waals surface area contributed by atoms with Gasteiger partial charge in [-0.1, -0.05) is 30.3 Å². The molecule has 0 bridgehead atoms. The van der Waals surface area contributed by atoms with E-state index in [1.54, 1.807) is 26.2 Å². The maximum Gasteiger partial charge on any atom is 0.325 e. The number of carbonyl (C=O) groups excluding carboxylic acids is 3. The monoisotopic (exact) mass is 496 g/mol. The molecule has 3 amide bonds. The van der Waals surface area contributed by atoms with Crippen molar-refractivity contribution in [2.75, 3.05) is 56.7 Å². The summed E-state index contributed by atoms with van der Waals surface area (Å²) in [5, 5.41) is 8.02. The van der Waals surface area contributed by atoms with E-state index in [0.717, 1.165) is 38.0 Å². The molecule has 0 unspecified atom stereocenters. The molecule has 0 saturated carbocycles. The highest BCUT2D eigenvalue weighted by atomic mass is 16.5. The first-order valence-electron chi connectivity index (χ1n) is 12.4. The van der Waals surface area contributed by atoms with Gasteiger partial charge >= 0.3 is 12.0 Å². The van der Waals surface area contributed by atoms with Crippen molar-refractivity contribution in [1.82, 2.24) is 10.6 Å². The van der Waals surface area contributed by atoms with Gasteiger partial charge in [0, 0.05) is 38.1 Å². The van der Waals surface area contributed by atoms with E-state index in [-0.39, 0.29) is 19.1 Å². The number of anilines is 2. The van der Waals surface area contributed by atoms with Crippen LogP contribution in [0.1, 0.15) is 35.7 Å². The summed E-state index contributed by atoms with van der Waals surface area (Å²) in [4.78, 5) is 39.0. The number of nitrogens with zero attached hydrogens (tertiary/aromatic N) is 1. The van der Waals surface area contributed by atoms with Gasteiger partial charge in [-0.3, -0.25) is 9.59 Å². The van der Waals surface area contributed by atoms with Gasteiger partial charge in [0.15, 0.2) is 0 Å². The predicted octanol–water partition coefficient (Wildman–Crippen LogP) is 3.21. The zero-order valence-electron chi connectivity index (χ0n) is 21.0. The number of carbonyl (C=O) groups is 3. The van der Waals surface area contributed by atoms with E-state index < -0.39 is 12.0 Å². The van der Waals surface area contributed by atoms with Gasteiger partial charge < -0.3 is 30.3 Å². The van der Waals surface area contributed by atoms with Crippen molar-refractivity contribution in [3.63, 3.8) is 0 Å². The lowest BCUT2D eigenvalue weighted by molar-refractivity contribution is -0.141. The van der Waals surface area contributed by atoms with Crippen LogP contribution in [0.3, 0.4) is 0 Å². The van der Waals surface area contributed by atoms with E-state index in [0.29, 0.717) is 30.3 Å². The lowest BCUT2D eigenvalue weighted by Gasteiger charge is -2.35. The van der Waals surface area contributed by atoms with Gasteiger partial charge in [0.2, 0.25) is 0 Å². The van der Waals surface area contributed by atoms with E-state index in [2.05, 4.69) is 45.1 Å². The zero-order chi connectivity index (χ0) is 25.8. The van der Waals surface area contributed by atoms with Crippen molar-refractivity contribution < 1.29 is 23.9 Å². The molecule has 3 N–H and O–H groups in total. The quantitative estimate of drug-likeness (QED) is 0.326. The molecule has 2 aromatic carbocycles. The van der Waals surface area contributed by atoms with Crippen LogP contribution in [0.4, 0.5) is 16.2 Å². The topological polar surface area (TPSA) is 109 Å². The molecule has 0 aliphatic carbocycles. The number of benzene rings is 2. The smallest absolute Gasteiger partial charge is 0.325 e. The normalized spacial score (nSPS) is 13.7. The van der Waals surface area contributed by atoms with Crippen LogP contribution >= 0.6 is 0 Å². The number of rotatable bonds is 11. The van der Waals surface area contributed by atoms with Crippen LogP contribution in [0, 0.1) is 5.92 Å². The van der Waals surface area contributed by atoms with Crippen molar-refractivity contribution in [2.24, 2.45) is 5.92 Å². The molecule has 1 aliphatic heterocycles. The van der Waals surface area contributed by atoms with Crippen LogP contribution in [-0.2, 0) is 20.7 Å². The summed E-state index contributed by atoms with van der Waals surface area (Å²) in [6, 6.07) is 15.3. The molecule has 0 spiro atoms. The van der Waals surface area contributed by atoms with Crippen LogP contribution in [-0.4, -0.2) is 64.4 Å². The average Bonchev–Trinajstić information content (AvgIpc) is 2.89. The summed E-state index contributed by atoms with van der Waals surface area (Å²) in [5.74, 6) is -0.146. The number of piperidine rings is 1. The maximum absolute atomic E-state index is 13.0. The van der Waals surface area contributed by atoms with Crippen LogP contribution in [0.25, 0.3) is 0 Å².